The molecule has 1 heterocycles. The Kier molecular flexibility index (Phi) is 26.6. The molecular formula is C39H71N13O12S. The zero-order chi connectivity index (χ0) is 49.4. The fourth-order valence-corrected chi connectivity index (χ4v) is 6.84. The fourth-order valence-electron chi connectivity index (χ4n) is 6.59. The van der Waals surface area contributed by atoms with Gasteiger partial charge in [-0.1, -0.05) is 34.1 Å². The van der Waals surface area contributed by atoms with Gasteiger partial charge in [-0.25, -0.2) is 4.79 Å². The number of likely N-dealkylation sites (tertiary alicyclic amines) is 1. The van der Waals surface area contributed by atoms with Crippen molar-refractivity contribution in [2.24, 2.45) is 39.8 Å². The zero-order valence-electron chi connectivity index (χ0n) is 37.5. The first-order chi connectivity index (χ1) is 30.6. The largest absolute Gasteiger partial charge is 0.480 e. The summed E-state index contributed by atoms with van der Waals surface area (Å²) in [4.78, 5) is 123. The number of aliphatic hydroxyl groups is 2. The molecule has 0 aromatic rings. The fraction of sp³-hybridized carbons (Fsp3) is 0.744. The molecule has 0 radical (unpaired) electrons. The molecule has 0 bridgehead atoms. The Labute approximate surface area is 383 Å². The average molecular weight is 946 g/mol. The molecule has 0 aliphatic carbocycles. The summed E-state index contributed by atoms with van der Waals surface area (Å²) in [5.74, 6) is -9.04. The van der Waals surface area contributed by atoms with Crippen molar-refractivity contribution in [2.75, 3.05) is 45.1 Å². The zero-order valence-corrected chi connectivity index (χ0v) is 38.4. The van der Waals surface area contributed by atoms with Crippen molar-refractivity contribution in [1.29, 1.82) is 0 Å². The second-order valence-corrected chi connectivity index (χ2v) is 16.7. The number of guanidine groups is 1. The van der Waals surface area contributed by atoms with E-state index in [2.05, 4.69) is 54.8 Å². The third-order valence-corrected chi connectivity index (χ3v) is 10.5. The number of aliphatic hydroxyl groups excluding tert-OH is 2. The minimum atomic E-state index is -1.61. The van der Waals surface area contributed by atoms with Crippen LogP contribution >= 0.6 is 12.6 Å². The Balaban J connectivity index is 3.09. The molecule has 0 unspecified atom stereocenters. The monoisotopic (exact) mass is 946 g/mol. The lowest BCUT2D eigenvalue weighted by Gasteiger charge is -2.30. The predicted molar refractivity (Wildman–Crippen MR) is 240 cm³/mol. The lowest BCUT2D eigenvalue weighted by molar-refractivity contribution is -0.144. The highest BCUT2D eigenvalue weighted by Crippen LogP contribution is 2.20. The van der Waals surface area contributed by atoms with Gasteiger partial charge in [0.05, 0.1) is 25.8 Å². The Morgan fingerprint density at radius 3 is 1.88 bits per heavy atom. The van der Waals surface area contributed by atoms with Gasteiger partial charge in [0.2, 0.25) is 47.3 Å². The van der Waals surface area contributed by atoms with E-state index in [0.29, 0.717) is 32.2 Å². The second kappa shape index (κ2) is 30.0. The van der Waals surface area contributed by atoms with Gasteiger partial charge in [-0.05, 0) is 63.3 Å². The first-order valence-corrected chi connectivity index (χ1v) is 22.2. The highest BCUT2D eigenvalue weighted by atomic mass is 32.1. The number of hydrogen-bond donors (Lipinski definition) is 15. The van der Waals surface area contributed by atoms with E-state index in [-0.39, 0.29) is 56.4 Å². The maximum absolute atomic E-state index is 13.8. The highest BCUT2D eigenvalue weighted by Gasteiger charge is 2.40. The molecule has 370 valence electrons. The SMILES string of the molecule is CC(C)C[C@H](NC(=O)[C@H](CO)NC(=O)[C@@H](NC(=O)CNC(=O)[C@@H](N)CCCCN)C(C)C)C(=O)N[C@@H](CO)C(=O)N1CCC[C@H]1C(=O)N[C@@H](CCCN=C(N)N)C(=O)N[C@@H](CS)C(=O)O. The molecule has 1 fully saturated rings. The number of carbonyl (C=O) groups excluding carboxylic acids is 8. The number of nitrogens with one attached hydrogen (secondary N) is 7. The molecule has 0 aromatic carbocycles. The molecule has 65 heavy (non-hydrogen) atoms. The third kappa shape index (κ3) is 20.6. The molecule has 0 saturated carbocycles. The number of unbranched alkanes of at least 4 members (excludes halogenated alkanes) is 1. The second-order valence-electron chi connectivity index (χ2n) is 16.4. The van der Waals surface area contributed by atoms with Gasteiger partial charge in [-0.15, -0.1) is 0 Å². The molecule has 1 saturated heterocycles. The molecule has 8 amide bonds. The van der Waals surface area contributed by atoms with Crippen LogP contribution in [0.5, 0.6) is 0 Å². The maximum Gasteiger partial charge on any atom is 0.327 e. The van der Waals surface area contributed by atoms with Gasteiger partial charge < -0.3 is 80.4 Å². The Morgan fingerprint density at radius 1 is 0.738 bits per heavy atom. The third-order valence-electron chi connectivity index (χ3n) is 10.2. The van der Waals surface area contributed by atoms with E-state index < -0.39 is 127 Å². The number of carboxylic acid groups (broad SMARTS) is 1. The van der Waals surface area contributed by atoms with Gasteiger partial charge in [0.25, 0.3) is 0 Å². The molecule has 0 aromatic heterocycles. The Morgan fingerprint density at radius 2 is 1.32 bits per heavy atom. The number of thiol groups is 1. The summed E-state index contributed by atoms with van der Waals surface area (Å²) >= 11 is 3.95. The summed E-state index contributed by atoms with van der Waals surface area (Å²) in [7, 11) is 0. The normalized spacial score (nSPS) is 16.7. The minimum Gasteiger partial charge on any atom is -0.480 e. The smallest absolute Gasteiger partial charge is 0.327 e. The van der Waals surface area contributed by atoms with E-state index in [9.17, 15) is 58.5 Å². The van der Waals surface area contributed by atoms with Crippen molar-refractivity contribution in [3.63, 3.8) is 0 Å². The van der Waals surface area contributed by atoms with Crippen molar-refractivity contribution in [2.45, 2.75) is 127 Å². The van der Waals surface area contributed by atoms with Crippen LogP contribution in [0, 0.1) is 11.8 Å². The number of amides is 8. The number of aliphatic carboxylic acids is 1. The average Bonchev–Trinajstić information content (AvgIpc) is 3.75. The molecule has 1 aliphatic heterocycles. The van der Waals surface area contributed by atoms with Gasteiger partial charge >= 0.3 is 5.97 Å². The van der Waals surface area contributed by atoms with Crippen LogP contribution < -0.4 is 60.2 Å². The van der Waals surface area contributed by atoms with E-state index >= 15 is 0 Å². The lowest BCUT2D eigenvalue weighted by atomic mass is 10.0. The van der Waals surface area contributed by atoms with Crippen LogP contribution in [-0.2, 0) is 43.2 Å². The van der Waals surface area contributed by atoms with Gasteiger partial charge in [0.15, 0.2) is 5.96 Å². The van der Waals surface area contributed by atoms with Crippen molar-refractivity contribution in [1.82, 2.24) is 42.1 Å². The molecule has 8 atom stereocenters. The highest BCUT2D eigenvalue weighted by molar-refractivity contribution is 7.80. The van der Waals surface area contributed by atoms with Crippen LogP contribution in [0.2, 0.25) is 0 Å². The quantitative estimate of drug-likeness (QED) is 0.0138. The number of carbonyl (C=O) groups is 9. The van der Waals surface area contributed by atoms with Crippen molar-refractivity contribution in [3.8, 4) is 0 Å². The van der Waals surface area contributed by atoms with E-state index in [1.807, 2.05) is 0 Å². The molecule has 0 spiro atoms. The molecular weight excluding hydrogens is 875 g/mol. The van der Waals surface area contributed by atoms with Crippen molar-refractivity contribution >= 4 is 71.8 Å². The number of nitrogens with two attached hydrogens (primary N) is 4. The van der Waals surface area contributed by atoms with Crippen LogP contribution in [0.15, 0.2) is 4.99 Å². The maximum atomic E-state index is 13.8. The van der Waals surface area contributed by atoms with Crippen LogP contribution in [0.25, 0.3) is 0 Å². The first kappa shape index (κ1) is 57.7. The lowest BCUT2D eigenvalue weighted by Crippen LogP contribution is -2.61. The number of aliphatic imine (C=N–C) groups is 1. The minimum absolute atomic E-state index is 0.000414. The number of rotatable bonds is 30. The van der Waals surface area contributed by atoms with E-state index in [1.165, 1.54) is 0 Å². The van der Waals surface area contributed by atoms with Gasteiger partial charge in [-0.2, -0.15) is 12.6 Å². The van der Waals surface area contributed by atoms with E-state index in [4.69, 9.17) is 22.9 Å². The summed E-state index contributed by atoms with van der Waals surface area (Å²) in [5, 5.41) is 46.9. The van der Waals surface area contributed by atoms with Crippen LogP contribution in [0.1, 0.15) is 79.1 Å². The molecule has 1 aliphatic rings. The summed E-state index contributed by atoms with van der Waals surface area (Å²) in [5.41, 5.74) is 22.1. The van der Waals surface area contributed by atoms with E-state index in [0.717, 1.165) is 4.90 Å². The number of nitrogens with zero attached hydrogens (tertiary/aromatic N) is 2. The Bertz CT molecular complexity index is 1650. The molecule has 26 heteroatoms. The number of hydrogen-bond acceptors (Lipinski definition) is 15. The summed E-state index contributed by atoms with van der Waals surface area (Å²) < 4.78 is 0. The molecule has 1 rings (SSSR count). The van der Waals surface area contributed by atoms with Crippen molar-refractivity contribution < 1.29 is 58.5 Å². The topological polar surface area (TPSA) is 418 Å². The van der Waals surface area contributed by atoms with Gasteiger partial charge in [0, 0.05) is 18.8 Å². The summed E-state index contributed by atoms with van der Waals surface area (Å²) in [6, 6.07) is -10.5. The Hall–Kier alpha value is -5.31. The molecule has 18 N–H and O–H groups in total. The number of carboxylic acids is 1. The summed E-state index contributed by atoms with van der Waals surface area (Å²) in [6.07, 6.45) is 2.32. The standard InChI is InChI=1S/C39H71N13O12S/c1-20(2)15-24(47-34(59)25(17-53)48-36(61)30(21(3)4)51-29(55)16-45-31(56)22(41)9-5-6-12-40)33(58)49-26(18-54)37(62)52-14-8-11-28(52)35(60)46-23(10-7-13-44-39(42)43)32(57)50-27(19-65)38(63)64/h20-28,30,53-54,65H,5-19,40-41H2,1-4H3,(H,45,56)(H,46,60)(H,47,59)(H,48,61)(H,49,58)(H,50,57)(H,51,55)(H,63,64)(H4,42,43,44)/t22-,23-,24-,25-,26-,27-,28-,30-/m0/s1. The van der Waals surface area contributed by atoms with Gasteiger partial charge in [-0.3, -0.25) is 43.3 Å². The van der Waals surface area contributed by atoms with Gasteiger partial charge in [0.1, 0.15) is 42.3 Å². The first-order valence-electron chi connectivity index (χ1n) is 21.6. The predicted octanol–water partition coefficient (Wildman–Crippen LogP) is -5.79. The molecule has 25 nitrogen and oxygen atoms in total. The van der Waals surface area contributed by atoms with Crippen LogP contribution in [-0.4, -0.2) is 173 Å². The van der Waals surface area contributed by atoms with E-state index in [1.54, 1.807) is 27.7 Å². The summed E-state index contributed by atoms with van der Waals surface area (Å²) in [6.45, 7) is 4.93. The van der Waals surface area contributed by atoms with Crippen molar-refractivity contribution in [3.05, 3.63) is 0 Å². The van der Waals surface area contributed by atoms with Crippen LogP contribution in [0.3, 0.4) is 0 Å². The van der Waals surface area contributed by atoms with Crippen LogP contribution in [0.4, 0.5) is 0 Å².